The van der Waals surface area contributed by atoms with Crippen LogP contribution in [0.1, 0.15) is 194 Å². The minimum absolute atomic E-state index is 0.107. The van der Waals surface area contributed by atoms with Gasteiger partial charge in [0.1, 0.15) is 0 Å². The number of rotatable bonds is 30. The van der Waals surface area contributed by atoms with E-state index < -0.39 is 5.97 Å². The molecule has 2 atom stereocenters. The first-order valence-electron chi connectivity index (χ1n) is 17.0. The Morgan fingerprint density at radius 1 is 0.541 bits per heavy atom. The van der Waals surface area contributed by atoms with E-state index in [1.807, 2.05) is 0 Å². The van der Waals surface area contributed by atoms with Crippen LogP contribution in [0.25, 0.3) is 0 Å². The van der Waals surface area contributed by atoms with Gasteiger partial charge < -0.3 is 5.11 Å². The Morgan fingerprint density at radius 3 is 1.30 bits per heavy atom. The lowest BCUT2D eigenvalue weighted by molar-refractivity contribution is -0.142. The summed E-state index contributed by atoms with van der Waals surface area (Å²) in [6, 6.07) is 0. The van der Waals surface area contributed by atoms with Crippen LogP contribution >= 0.6 is 0 Å². The van der Waals surface area contributed by atoms with Gasteiger partial charge >= 0.3 is 5.97 Å². The molecule has 37 heavy (non-hydrogen) atoms. The summed E-state index contributed by atoms with van der Waals surface area (Å²) in [7, 11) is 0. The molecule has 0 saturated heterocycles. The maximum Gasteiger partial charge on any atom is 0.306 e. The van der Waals surface area contributed by atoms with Gasteiger partial charge in [-0.2, -0.15) is 0 Å². The number of carboxylic acids is 1. The Kier molecular flexibility index (Phi) is 29.1. The Morgan fingerprint density at radius 2 is 0.892 bits per heavy atom. The van der Waals surface area contributed by atoms with Crippen LogP contribution in [0, 0.1) is 11.8 Å². The van der Waals surface area contributed by atoms with Crippen LogP contribution in [0.4, 0.5) is 0 Å². The summed E-state index contributed by atoms with van der Waals surface area (Å²) in [5.41, 5.74) is 0. The van der Waals surface area contributed by atoms with Crippen LogP contribution in [0.15, 0.2) is 12.2 Å². The highest BCUT2D eigenvalue weighted by Crippen LogP contribution is 2.20. The van der Waals surface area contributed by atoms with E-state index in [0.717, 1.165) is 31.6 Å². The molecule has 0 amide bonds. The minimum Gasteiger partial charge on any atom is -0.481 e. The molecule has 0 saturated carbocycles. The first kappa shape index (κ1) is 36.2. The Balaban J connectivity index is 3.52. The van der Waals surface area contributed by atoms with Crippen molar-refractivity contribution in [2.24, 2.45) is 11.8 Å². The van der Waals surface area contributed by atoms with Gasteiger partial charge in [-0.25, -0.2) is 0 Å². The minimum atomic E-state index is -0.563. The van der Waals surface area contributed by atoms with Gasteiger partial charge in [0.05, 0.1) is 5.92 Å². The second-order valence-electron chi connectivity index (χ2n) is 12.0. The van der Waals surface area contributed by atoms with E-state index in [2.05, 4.69) is 32.9 Å². The quantitative estimate of drug-likeness (QED) is 0.0755. The van der Waals surface area contributed by atoms with Crippen LogP contribution < -0.4 is 0 Å². The van der Waals surface area contributed by atoms with E-state index in [-0.39, 0.29) is 5.92 Å². The maximum absolute atomic E-state index is 11.6. The molecule has 0 aliphatic heterocycles. The zero-order valence-electron chi connectivity index (χ0n) is 25.8. The van der Waals surface area contributed by atoms with Crippen molar-refractivity contribution in [3.8, 4) is 0 Å². The third-order valence-electron chi connectivity index (χ3n) is 8.16. The van der Waals surface area contributed by atoms with Crippen molar-refractivity contribution in [1.29, 1.82) is 0 Å². The lowest BCUT2D eigenvalue weighted by atomic mass is 9.94. The molecule has 0 aliphatic carbocycles. The largest absolute Gasteiger partial charge is 0.481 e. The number of hydrogen-bond donors (Lipinski definition) is 1. The van der Waals surface area contributed by atoms with Crippen molar-refractivity contribution in [2.75, 3.05) is 0 Å². The van der Waals surface area contributed by atoms with E-state index >= 15 is 0 Å². The summed E-state index contributed by atoms with van der Waals surface area (Å²) >= 11 is 0. The molecular formula is C35H68O2. The Bertz CT molecular complexity index is 484. The van der Waals surface area contributed by atoms with E-state index in [1.54, 1.807) is 0 Å². The van der Waals surface area contributed by atoms with Crippen LogP contribution in [-0.2, 0) is 4.79 Å². The van der Waals surface area contributed by atoms with E-state index in [1.165, 1.54) is 148 Å². The van der Waals surface area contributed by atoms with Crippen molar-refractivity contribution in [3.63, 3.8) is 0 Å². The average Bonchev–Trinajstić information content (AvgIpc) is 2.88. The lowest BCUT2D eigenvalue weighted by Gasteiger charge is -2.12. The molecule has 0 spiro atoms. The second kappa shape index (κ2) is 29.8. The third-order valence-corrected chi connectivity index (χ3v) is 8.16. The zero-order valence-corrected chi connectivity index (χ0v) is 25.8. The van der Waals surface area contributed by atoms with Crippen molar-refractivity contribution < 1.29 is 9.90 Å². The number of carbonyl (C=O) groups is 1. The van der Waals surface area contributed by atoms with E-state index in [0.29, 0.717) is 0 Å². The molecule has 2 unspecified atom stereocenters. The van der Waals surface area contributed by atoms with Crippen LogP contribution in [0.5, 0.6) is 0 Å². The molecule has 0 aromatic heterocycles. The highest BCUT2D eigenvalue weighted by Gasteiger charge is 2.16. The van der Waals surface area contributed by atoms with E-state index in [9.17, 15) is 9.90 Å². The molecule has 0 radical (unpaired) electrons. The summed E-state index contributed by atoms with van der Waals surface area (Å²) in [4.78, 5) is 11.6. The van der Waals surface area contributed by atoms with Gasteiger partial charge in [-0.05, 0) is 38.0 Å². The fourth-order valence-electron chi connectivity index (χ4n) is 5.48. The number of carboxylic acid groups (broad SMARTS) is 1. The van der Waals surface area contributed by atoms with Gasteiger partial charge in [-0.1, -0.05) is 174 Å². The molecule has 0 heterocycles. The van der Waals surface area contributed by atoms with Gasteiger partial charge in [0.25, 0.3) is 0 Å². The molecule has 1 N–H and O–H groups in total. The Labute approximate surface area is 233 Å². The van der Waals surface area contributed by atoms with Crippen LogP contribution in [0.2, 0.25) is 0 Å². The lowest BCUT2D eigenvalue weighted by Crippen LogP contribution is -2.13. The molecule has 2 nitrogen and oxygen atoms in total. The smallest absolute Gasteiger partial charge is 0.306 e. The van der Waals surface area contributed by atoms with Crippen molar-refractivity contribution in [2.45, 2.75) is 194 Å². The molecule has 220 valence electrons. The molecule has 0 aliphatic rings. The van der Waals surface area contributed by atoms with Gasteiger partial charge in [0.15, 0.2) is 0 Å². The number of hydrogen-bond acceptors (Lipinski definition) is 1. The molecular weight excluding hydrogens is 452 g/mol. The summed E-state index contributed by atoms with van der Waals surface area (Å²) in [6.45, 7) is 6.91. The van der Waals surface area contributed by atoms with E-state index in [4.69, 9.17) is 0 Å². The fraction of sp³-hybridized carbons (Fsp3) is 0.914. The predicted molar refractivity (Wildman–Crippen MR) is 165 cm³/mol. The standard InChI is InChI=1S/C35H68O2/c1-4-6-8-10-12-13-14-15-16-19-23-27-31-34(35(36)37)32-28-24-20-17-18-22-26-30-33(3)29-25-21-11-9-7-5-2/h25,29,33-34H,4-24,26-28,30-32H2,1-3H3,(H,36,37). The zero-order chi connectivity index (χ0) is 27.2. The average molecular weight is 521 g/mol. The van der Waals surface area contributed by atoms with Crippen molar-refractivity contribution in [3.05, 3.63) is 12.2 Å². The van der Waals surface area contributed by atoms with Gasteiger partial charge in [-0.3, -0.25) is 4.79 Å². The van der Waals surface area contributed by atoms with Crippen LogP contribution in [0.3, 0.4) is 0 Å². The highest BCUT2D eigenvalue weighted by molar-refractivity contribution is 5.69. The number of unbranched alkanes of at least 4 members (excludes halogenated alkanes) is 21. The first-order chi connectivity index (χ1) is 18.1. The van der Waals surface area contributed by atoms with Crippen molar-refractivity contribution in [1.82, 2.24) is 0 Å². The van der Waals surface area contributed by atoms with Gasteiger partial charge in [0, 0.05) is 0 Å². The van der Waals surface area contributed by atoms with Crippen molar-refractivity contribution >= 4 is 5.97 Å². The molecule has 0 fully saturated rings. The Hall–Kier alpha value is -0.790. The fourth-order valence-corrected chi connectivity index (χ4v) is 5.48. The summed E-state index contributed by atoms with van der Waals surface area (Å²) in [6.07, 6.45) is 39.6. The molecule has 0 rings (SSSR count). The maximum atomic E-state index is 11.6. The van der Waals surface area contributed by atoms with Crippen LogP contribution in [-0.4, -0.2) is 11.1 Å². The second-order valence-corrected chi connectivity index (χ2v) is 12.0. The molecule has 0 bridgehead atoms. The summed E-state index contributed by atoms with van der Waals surface area (Å²) in [5.74, 6) is 0.0562. The SMILES string of the molecule is CCCCCCC=CC(C)CCCCCCCCCC(CCCCCCCCCCCCCC)C(=O)O. The van der Waals surface area contributed by atoms with Gasteiger partial charge in [-0.15, -0.1) is 0 Å². The third kappa shape index (κ3) is 28.0. The molecule has 0 aromatic rings. The summed E-state index contributed by atoms with van der Waals surface area (Å²) in [5, 5.41) is 9.59. The topological polar surface area (TPSA) is 37.3 Å². The first-order valence-corrected chi connectivity index (χ1v) is 17.0. The normalized spacial score (nSPS) is 13.4. The summed E-state index contributed by atoms with van der Waals surface area (Å²) < 4.78 is 0. The highest BCUT2D eigenvalue weighted by atomic mass is 16.4. The number of aliphatic carboxylic acids is 1. The molecule has 0 aromatic carbocycles. The number of allylic oxidation sites excluding steroid dienone is 2. The molecule has 2 heteroatoms. The van der Waals surface area contributed by atoms with Gasteiger partial charge in [0.2, 0.25) is 0 Å². The predicted octanol–water partition coefficient (Wildman–Crippen LogP) is 12.5. The monoisotopic (exact) mass is 521 g/mol.